The summed E-state index contributed by atoms with van der Waals surface area (Å²) in [5, 5.41) is 3.70. The smallest absolute Gasteiger partial charge is 0.319 e. The summed E-state index contributed by atoms with van der Waals surface area (Å²) in [7, 11) is 0. The van der Waals surface area contributed by atoms with Crippen LogP contribution in [0.2, 0.25) is 10.0 Å². The van der Waals surface area contributed by atoms with E-state index in [1.165, 1.54) is 16.0 Å². The number of carbonyl (C=O) groups excluding carboxylic acids is 2. The maximum atomic E-state index is 13.1. The first-order valence-electron chi connectivity index (χ1n) is 8.59. The van der Waals surface area contributed by atoms with E-state index in [-0.39, 0.29) is 12.5 Å². The van der Waals surface area contributed by atoms with Crippen LogP contribution in [-0.4, -0.2) is 16.8 Å². The van der Waals surface area contributed by atoms with E-state index < -0.39 is 11.6 Å². The molecule has 1 unspecified atom stereocenters. The summed E-state index contributed by atoms with van der Waals surface area (Å²) in [6.45, 7) is 1.92. The van der Waals surface area contributed by atoms with E-state index >= 15 is 0 Å². The van der Waals surface area contributed by atoms with Crippen LogP contribution in [0.25, 0.3) is 0 Å². The van der Waals surface area contributed by atoms with E-state index in [9.17, 15) is 9.59 Å². The highest BCUT2D eigenvalue weighted by Gasteiger charge is 2.49. The van der Waals surface area contributed by atoms with Crippen molar-refractivity contribution in [3.63, 3.8) is 0 Å². The van der Waals surface area contributed by atoms with Crippen LogP contribution in [-0.2, 0) is 29.7 Å². The van der Waals surface area contributed by atoms with E-state index in [1.54, 1.807) is 25.1 Å². The molecule has 3 amide bonds. The van der Waals surface area contributed by atoms with Gasteiger partial charge in [-0.3, -0.25) is 9.69 Å². The summed E-state index contributed by atoms with van der Waals surface area (Å²) in [6, 6.07) is 10.8. The molecule has 2 aromatic rings. The molecule has 1 saturated heterocycles. The van der Waals surface area contributed by atoms with Gasteiger partial charge in [0.05, 0.1) is 16.6 Å². The predicted octanol–water partition coefficient (Wildman–Crippen LogP) is 4.45. The van der Waals surface area contributed by atoms with Crippen LogP contribution < -0.4 is 5.32 Å². The topological polar surface area (TPSA) is 49.4 Å². The molecular formula is C20H18Cl2N2O2. The largest absolute Gasteiger partial charge is 0.325 e. The molecular weight excluding hydrogens is 371 g/mol. The second kappa shape index (κ2) is 6.29. The molecule has 2 aromatic carbocycles. The van der Waals surface area contributed by atoms with Crippen LogP contribution in [0.5, 0.6) is 0 Å². The molecule has 0 aromatic heterocycles. The number of urea groups is 1. The van der Waals surface area contributed by atoms with Crippen LogP contribution in [0.15, 0.2) is 36.4 Å². The molecule has 2 aliphatic rings. The summed E-state index contributed by atoms with van der Waals surface area (Å²) < 4.78 is 0. The lowest BCUT2D eigenvalue weighted by molar-refractivity contribution is -0.131. The number of rotatable bonds is 3. The average Bonchev–Trinajstić information content (AvgIpc) is 3.16. The van der Waals surface area contributed by atoms with Crippen LogP contribution in [0.3, 0.4) is 0 Å². The highest BCUT2D eigenvalue weighted by Crippen LogP contribution is 2.33. The second-order valence-electron chi connectivity index (χ2n) is 7.03. The number of nitrogens with zero attached hydrogens (tertiary/aromatic N) is 1. The van der Waals surface area contributed by atoms with Gasteiger partial charge < -0.3 is 5.32 Å². The summed E-state index contributed by atoms with van der Waals surface area (Å²) in [6.07, 6.45) is 3.24. The summed E-state index contributed by atoms with van der Waals surface area (Å²) in [5.74, 6) is -0.258. The van der Waals surface area contributed by atoms with Gasteiger partial charge in [0, 0.05) is 0 Å². The number of fused-ring (bicyclic) bond motifs is 1. The number of hydrogen-bond acceptors (Lipinski definition) is 2. The number of carbonyl (C=O) groups is 2. The van der Waals surface area contributed by atoms with Crippen molar-refractivity contribution in [2.24, 2.45) is 0 Å². The van der Waals surface area contributed by atoms with Gasteiger partial charge in [0.25, 0.3) is 5.91 Å². The SMILES string of the molecule is CC1(c2ccc3c(c2)CCC3)NC(=O)N(Cc2ccc(Cl)c(Cl)c2)C1=O. The van der Waals surface area contributed by atoms with Crippen molar-refractivity contribution >= 4 is 35.1 Å². The summed E-state index contributed by atoms with van der Waals surface area (Å²) in [5.41, 5.74) is 3.13. The number of hydrogen-bond donors (Lipinski definition) is 1. The van der Waals surface area contributed by atoms with Crippen molar-refractivity contribution in [2.45, 2.75) is 38.3 Å². The molecule has 0 spiro atoms. The Morgan fingerprint density at radius 3 is 2.58 bits per heavy atom. The third-order valence-electron chi connectivity index (χ3n) is 5.28. The van der Waals surface area contributed by atoms with Gasteiger partial charge in [0.2, 0.25) is 0 Å². The lowest BCUT2D eigenvalue weighted by Crippen LogP contribution is -2.40. The fourth-order valence-corrected chi connectivity index (χ4v) is 4.06. The summed E-state index contributed by atoms with van der Waals surface area (Å²) in [4.78, 5) is 26.8. The highest BCUT2D eigenvalue weighted by molar-refractivity contribution is 6.42. The van der Waals surface area contributed by atoms with Crippen molar-refractivity contribution < 1.29 is 9.59 Å². The van der Waals surface area contributed by atoms with Crippen LogP contribution in [0.1, 0.15) is 35.6 Å². The van der Waals surface area contributed by atoms with E-state index in [0.717, 1.165) is 30.4 Å². The van der Waals surface area contributed by atoms with Crippen LogP contribution in [0.4, 0.5) is 4.79 Å². The highest BCUT2D eigenvalue weighted by atomic mass is 35.5. The molecule has 6 heteroatoms. The zero-order valence-electron chi connectivity index (χ0n) is 14.3. The molecule has 134 valence electrons. The van der Waals surface area contributed by atoms with Gasteiger partial charge in [-0.15, -0.1) is 0 Å². The Morgan fingerprint density at radius 1 is 1.04 bits per heavy atom. The zero-order valence-corrected chi connectivity index (χ0v) is 15.8. The van der Waals surface area contributed by atoms with Crippen molar-refractivity contribution in [3.8, 4) is 0 Å². The Kier molecular flexibility index (Phi) is 4.20. The average molecular weight is 389 g/mol. The quantitative estimate of drug-likeness (QED) is 0.789. The lowest BCUT2D eigenvalue weighted by atomic mass is 9.89. The first-order valence-corrected chi connectivity index (χ1v) is 9.34. The number of aryl methyl sites for hydroxylation is 2. The monoisotopic (exact) mass is 388 g/mol. The summed E-state index contributed by atoms with van der Waals surface area (Å²) >= 11 is 12.0. The number of benzene rings is 2. The van der Waals surface area contributed by atoms with Crippen LogP contribution in [0, 0.1) is 0 Å². The third kappa shape index (κ3) is 2.78. The molecule has 1 aliphatic carbocycles. The minimum atomic E-state index is -1.05. The van der Waals surface area contributed by atoms with Gasteiger partial charge in [-0.05, 0) is 60.6 Å². The van der Waals surface area contributed by atoms with E-state index in [0.29, 0.717) is 10.0 Å². The molecule has 0 saturated carbocycles. The molecule has 4 nitrogen and oxygen atoms in total. The molecule has 4 rings (SSSR count). The number of imide groups is 1. The Labute approximate surface area is 162 Å². The Bertz CT molecular complexity index is 928. The van der Waals surface area contributed by atoms with Crippen molar-refractivity contribution in [1.82, 2.24) is 10.2 Å². The van der Waals surface area contributed by atoms with Gasteiger partial charge in [-0.25, -0.2) is 4.79 Å². The standard InChI is InChI=1S/C20H18Cl2N2O2/c1-20(15-7-6-13-3-2-4-14(13)10-15)18(25)24(19(26)23-20)11-12-5-8-16(21)17(22)9-12/h5-10H,2-4,11H2,1H3,(H,23,26). The minimum absolute atomic E-state index is 0.155. The minimum Gasteiger partial charge on any atom is -0.319 e. The van der Waals surface area contributed by atoms with E-state index in [2.05, 4.69) is 17.4 Å². The van der Waals surface area contributed by atoms with Gasteiger partial charge in [0.15, 0.2) is 0 Å². The van der Waals surface area contributed by atoms with E-state index in [1.807, 2.05) is 6.07 Å². The molecule has 0 radical (unpaired) electrons. The molecule has 1 fully saturated rings. The maximum absolute atomic E-state index is 13.1. The van der Waals surface area contributed by atoms with E-state index in [4.69, 9.17) is 23.2 Å². The van der Waals surface area contributed by atoms with Gasteiger partial charge >= 0.3 is 6.03 Å². The molecule has 0 bridgehead atoms. The fourth-order valence-electron chi connectivity index (χ4n) is 3.74. The Balaban J connectivity index is 1.63. The molecule has 1 N–H and O–H groups in total. The van der Waals surface area contributed by atoms with Gasteiger partial charge in [-0.2, -0.15) is 0 Å². The number of halogens is 2. The third-order valence-corrected chi connectivity index (χ3v) is 6.01. The lowest BCUT2D eigenvalue weighted by Gasteiger charge is -2.23. The van der Waals surface area contributed by atoms with Crippen LogP contribution >= 0.6 is 23.2 Å². The molecule has 1 atom stereocenters. The second-order valence-corrected chi connectivity index (χ2v) is 7.85. The predicted molar refractivity (Wildman–Crippen MR) is 101 cm³/mol. The molecule has 1 aliphatic heterocycles. The Hall–Kier alpha value is -2.04. The number of nitrogens with one attached hydrogen (secondary N) is 1. The zero-order chi connectivity index (χ0) is 18.5. The van der Waals surface area contributed by atoms with Crippen molar-refractivity contribution in [1.29, 1.82) is 0 Å². The van der Waals surface area contributed by atoms with Crippen molar-refractivity contribution in [2.75, 3.05) is 0 Å². The molecule has 26 heavy (non-hydrogen) atoms. The van der Waals surface area contributed by atoms with Gasteiger partial charge in [0.1, 0.15) is 5.54 Å². The maximum Gasteiger partial charge on any atom is 0.325 e. The first kappa shape index (κ1) is 17.4. The first-order chi connectivity index (χ1) is 12.4. The molecule has 1 heterocycles. The Morgan fingerprint density at radius 2 is 1.81 bits per heavy atom. The van der Waals surface area contributed by atoms with Gasteiger partial charge in [-0.1, -0.05) is 47.5 Å². The fraction of sp³-hybridized carbons (Fsp3) is 0.300. The normalized spacial score (nSPS) is 21.9. The number of amides is 3. The van der Waals surface area contributed by atoms with Crippen molar-refractivity contribution in [3.05, 3.63) is 68.7 Å².